The molecule has 0 bridgehead atoms. The predicted molar refractivity (Wildman–Crippen MR) is 44.6 cm³/mol. The molecular formula is C5H11N3OS. The first-order valence-electron chi connectivity index (χ1n) is 2.82. The third-order valence-corrected chi connectivity index (χ3v) is 0.668. The van der Waals surface area contributed by atoms with E-state index in [1.807, 2.05) is 13.8 Å². The van der Waals surface area contributed by atoms with Crippen molar-refractivity contribution in [2.45, 2.75) is 20.0 Å². The van der Waals surface area contributed by atoms with Gasteiger partial charge in [0.2, 0.25) is 0 Å². The second-order valence-corrected chi connectivity index (χ2v) is 2.37. The third-order valence-electron chi connectivity index (χ3n) is 0.577. The van der Waals surface area contributed by atoms with Crippen LogP contribution in [0.5, 0.6) is 0 Å². The van der Waals surface area contributed by atoms with Gasteiger partial charge in [-0.15, -0.1) is 0 Å². The summed E-state index contributed by atoms with van der Waals surface area (Å²) in [5.74, 6) is 0. The van der Waals surface area contributed by atoms with Gasteiger partial charge in [-0.3, -0.25) is 0 Å². The second kappa shape index (κ2) is 4.05. The molecule has 0 aromatic rings. The molecular weight excluding hydrogens is 150 g/mol. The number of aliphatic imine (C=N–C) groups is 1. The maximum absolute atomic E-state index is 5.24. The van der Waals surface area contributed by atoms with Crippen molar-refractivity contribution < 1.29 is 4.74 Å². The van der Waals surface area contributed by atoms with Crippen LogP contribution in [0.3, 0.4) is 0 Å². The van der Waals surface area contributed by atoms with Gasteiger partial charge in [0.1, 0.15) is 0 Å². The van der Waals surface area contributed by atoms with E-state index < -0.39 is 0 Å². The first kappa shape index (κ1) is 9.16. The molecule has 0 aromatic carbocycles. The van der Waals surface area contributed by atoms with Gasteiger partial charge in [0.05, 0.1) is 6.10 Å². The van der Waals surface area contributed by atoms with Gasteiger partial charge >= 0.3 is 0 Å². The Labute approximate surface area is 65.2 Å². The van der Waals surface area contributed by atoms with Gasteiger partial charge in [-0.25, -0.2) is 0 Å². The van der Waals surface area contributed by atoms with Gasteiger partial charge in [-0.2, -0.15) is 4.99 Å². The van der Waals surface area contributed by atoms with E-state index in [-0.39, 0.29) is 17.2 Å². The lowest BCUT2D eigenvalue weighted by atomic mass is 10.5. The molecule has 0 unspecified atom stereocenters. The number of hydrogen-bond donors (Lipinski definition) is 2. The molecule has 0 aromatic heterocycles. The van der Waals surface area contributed by atoms with E-state index >= 15 is 0 Å². The summed E-state index contributed by atoms with van der Waals surface area (Å²) in [6.07, 6.45) is -0.00176. The average molecular weight is 161 g/mol. The van der Waals surface area contributed by atoms with Crippen LogP contribution in [0.25, 0.3) is 0 Å². The summed E-state index contributed by atoms with van der Waals surface area (Å²) in [7, 11) is 0. The Morgan fingerprint density at radius 1 is 1.50 bits per heavy atom. The first-order chi connectivity index (χ1) is 4.52. The molecule has 4 N–H and O–H groups in total. The Balaban J connectivity index is 3.83. The lowest BCUT2D eigenvalue weighted by Gasteiger charge is -2.06. The molecule has 0 aliphatic rings. The van der Waals surface area contributed by atoms with Crippen molar-refractivity contribution in [3.05, 3.63) is 0 Å². The van der Waals surface area contributed by atoms with Gasteiger partial charge < -0.3 is 16.2 Å². The molecule has 0 aliphatic carbocycles. The van der Waals surface area contributed by atoms with E-state index in [4.69, 9.17) is 16.2 Å². The Bertz CT molecular complexity index is 155. The Morgan fingerprint density at radius 2 is 2.00 bits per heavy atom. The van der Waals surface area contributed by atoms with Gasteiger partial charge in [0.15, 0.2) is 5.11 Å². The average Bonchev–Trinajstić information content (AvgIpc) is 1.58. The number of nitrogens with zero attached hydrogens (tertiary/aromatic N) is 1. The molecule has 0 aliphatic heterocycles. The van der Waals surface area contributed by atoms with Crippen molar-refractivity contribution in [1.29, 1.82) is 0 Å². The van der Waals surface area contributed by atoms with E-state index in [0.717, 1.165) is 0 Å². The SMILES string of the molecule is CC(C)O/C(N)=N/C(N)=S. The van der Waals surface area contributed by atoms with E-state index in [1.165, 1.54) is 0 Å². The second-order valence-electron chi connectivity index (χ2n) is 1.95. The molecule has 0 fully saturated rings. The minimum absolute atomic E-state index is 0.00176. The minimum atomic E-state index is -0.0156. The fourth-order valence-corrected chi connectivity index (χ4v) is 0.466. The summed E-state index contributed by atoms with van der Waals surface area (Å²) in [6, 6.07) is 0.0162. The van der Waals surface area contributed by atoms with Crippen LogP contribution in [0.1, 0.15) is 13.8 Å². The summed E-state index contributed by atoms with van der Waals surface area (Å²) in [6.45, 7) is 3.67. The van der Waals surface area contributed by atoms with E-state index in [1.54, 1.807) is 0 Å². The minimum Gasteiger partial charge on any atom is -0.462 e. The highest BCUT2D eigenvalue weighted by molar-refractivity contribution is 7.80. The zero-order chi connectivity index (χ0) is 8.15. The number of thiocarbonyl (C=S) groups is 1. The smallest absolute Gasteiger partial charge is 0.289 e. The van der Waals surface area contributed by atoms with Crippen LogP contribution in [0.15, 0.2) is 4.99 Å². The first-order valence-corrected chi connectivity index (χ1v) is 3.23. The van der Waals surface area contributed by atoms with Gasteiger partial charge in [-0.05, 0) is 26.1 Å². The molecule has 0 radical (unpaired) electrons. The number of amidine groups is 1. The Kier molecular flexibility index (Phi) is 3.71. The molecule has 58 valence electrons. The Morgan fingerprint density at radius 3 is 2.30 bits per heavy atom. The topological polar surface area (TPSA) is 73.6 Å². The quantitative estimate of drug-likeness (QED) is 0.322. The molecule has 0 spiro atoms. The number of nitrogens with two attached hydrogens (primary N) is 2. The standard InChI is InChI=1S/C5H11N3OS/c1-3(2)9-4(6)8-5(7)10/h3H,1-2H3,(H4,6,7,8,10). The molecule has 0 atom stereocenters. The maximum Gasteiger partial charge on any atom is 0.289 e. The third kappa shape index (κ3) is 5.30. The van der Waals surface area contributed by atoms with Crippen LogP contribution in [0.2, 0.25) is 0 Å². The largest absolute Gasteiger partial charge is 0.462 e. The van der Waals surface area contributed by atoms with Crippen LogP contribution in [-0.4, -0.2) is 17.2 Å². The van der Waals surface area contributed by atoms with E-state index in [9.17, 15) is 0 Å². The van der Waals surface area contributed by atoms with Crippen molar-refractivity contribution in [1.82, 2.24) is 0 Å². The highest BCUT2D eigenvalue weighted by Crippen LogP contribution is 1.86. The summed E-state index contributed by atoms with van der Waals surface area (Å²) >= 11 is 4.45. The molecule has 0 saturated carbocycles. The van der Waals surface area contributed by atoms with Gasteiger partial charge in [-0.1, -0.05) is 0 Å². The number of rotatable bonds is 1. The lowest BCUT2D eigenvalue weighted by Crippen LogP contribution is -2.23. The van der Waals surface area contributed by atoms with Crippen LogP contribution in [-0.2, 0) is 4.74 Å². The molecule has 5 heteroatoms. The zero-order valence-electron chi connectivity index (χ0n) is 6.00. The van der Waals surface area contributed by atoms with Crippen molar-refractivity contribution in [3.63, 3.8) is 0 Å². The summed E-state index contributed by atoms with van der Waals surface area (Å²) in [5.41, 5.74) is 10.3. The van der Waals surface area contributed by atoms with Crippen LogP contribution in [0, 0.1) is 0 Å². The monoisotopic (exact) mass is 161 g/mol. The zero-order valence-corrected chi connectivity index (χ0v) is 6.81. The summed E-state index contributed by atoms with van der Waals surface area (Å²) < 4.78 is 4.92. The lowest BCUT2D eigenvalue weighted by molar-refractivity contribution is 0.225. The Hall–Kier alpha value is -0.840. The van der Waals surface area contributed by atoms with E-state index in [0.29, 0.717) is 0 Å². The van der Waals surface area contributed by atoms with E-state index in [2.05, 4.69) is 17.2 Å². The molecule has 0 heterocycles. The molecule has 0 rings (SSSR count). The van der Waals surface area contributed by atoms with Gasteiger partial charge in [0, 0.05) is 0 Å². The highest BCUT2D eigenvalue weighted by Gasteiger charge is 1.96. The van der Waals surface area contributed by atoms with Crippen LogP contribution < -0.4 is 11.5 Å². The maximum atomic E-state index is 5.24. The summed E-state index contributed by atoms with van der Waals surface area (Å²) in [5, 5.41) is -0.0156. The number of hydrogen-bond acceptors (Lipinski definition) is 2. The fourth-order valence-electron chi connectivity index (χ4n) is 0.376. The fraction of sp³-hybridized carbons (Fsp3) is 0.600. The predicted octanol–water partition coefficient (Wildman–Crippen LogP) is -0.0303. The van der Waals surface area contributed by atoms with Crippen LogP contribution >= 0.6 is 12.2 Å². The molecule has 10 heavy (non-hydrogen) atoms. The molecule has 0 saturated heterocycles. The normalized spacial score (nSPS) is 11.7. The van der Waals surface area contributed by atoms with Crippen molar-refractivity contribution in [3.8, 4) is 0 Å². The van der Waals surface area contributed by atoms with Gasteiger partial charge in [0.25, 0.3) is 6.02 Å². The number of ether oxygens (including phenoxy) is 1. The molecule has 0 amide bonds. The molecule has 4 nitrogen and oxygen atoms in total. The van der Waals surface area contributed by atoms with Crippen molar-refractivity contribution in [2.75, 3.05) is 0 Å². The summed E-state index contributed by atoms with van der Waals surface area (Å²) in [4.78, 5) is 3.50. The van der Waals surface area contributed by atoms with Crippen LogP contribution in [0.4, 0.5) is 0 Å². The highest BCUT2D eigenvalue weighted by atomic mass is 32.1. The van der Waals surface area contributed by atoms with Crippen molar-refractivity contribution >= 4 is 23.4 Å². The van der Waals surface area contributed by atoms with Crippen molar-refractivity contribution in [2.24, 2.45) is 16.5 Å².